The van der Waals surface area contributed by atoms with Crippen LogP contribution in [-0.2, 0) is 0 Å². The summed E-state index contributed by atoms with van der Waals surface area (Å²) in [6.45, 7) is 0. The molecule has 0 saturated carbocycles. The fourth-order valence-electron chi connectivity index (χ4n) is 1.87. The number of anilines is 1. The Morgan fingerprint density at radius 3 is 2.89 bits per heavy atom. The predicted octanol–water partition coefficient (Wildman–Crippen LogP) is 3.39. The third kappa shape index (κ3) is 2.38. The van der Waals surface area contributed by atoms with Crippen molar-refractivity contribution in [2.24, 2.45) is 5.10 Å². The van der Waals surface area contributed by atoms with Gasteiger partial charge in [-0.1, -0.05) is 18.2 Å². The minimum atomic E-state index is 0.975. The average Bonchev–Trinajstić information content (AvgIpc) is 2.46. The van der Waals surface area contributed by atoms with Gasteiger partial charge in [-0.2, -0.15) is 5.10 Å². The van der Waals surface area contributed by atoms with E-state index in [-0.39, 0.29) is 0 Å². The number of hydrogen-bond donors (Lipinski definition) is 1. The fourth-order valence-corrected chi connectivity index (χ4v) is 2.83. The van der Waals surface area contributed by atoms with Crippen LogP contribution < -0.4 is 5.43 Å². The standard InChI is InChI=1S/C14H13N3S/c1-2-5-11(6-3-1)16-17-13-8-10-18-14-12(13)7-4-9-15-14/h1-7,9,16H,8,10H2/b17-13+. The summed E-state index contributed by atoms with van der Waals surface area (Å²) in [7, 11) is 0. The van der Waals surface area contributed by atoms with Gasteiger partial charge in [0.25, 0.3) is 0 Å². The summed E-state index contributed by atoms with van der Waals surface area (Å²) in [5.41, 5.74) is 6.35. The molecule has 2 heterocycles. The first-order chi connectivity index (χ1) is 8.93. The zero-order valence-corrected chi connectivity index (χ0v) is 10.7. The number of hydrogen-bond acceptors (Lipinski definition) is 4. The SMILES string of the molecule is c1ccc(N/N=C2\CCSc3ncccc32)cc1. The zero-order valence-electron chi connectivity index (χ0n) is 9.84. The quantitative estimate of drug-likeness (QED) is 0.836. The van der Waals surface area contributed by atoms with Crippen LogP contribution in [0.5, 0.6) is 0 Å². The Balaban J connectivity index is 1.85. The Morgan fingerprint density at radius 1 is 1.11 bits per heavy atom. The molecule has 3 nitrogen and oxygen atoms in total. The van der Waals surface area contributed by atoms with Crippen LogP contribution in [0.4, 0.5) is 5.69 Å². The molecule has 0 saturated heterocycles. The van der Waals surface area contributed by atoms with Crippen LogP contribution in [0.15, 0.2) is 58.8 Å². The average molecular weight is 255 g/mol. The Labute approximate surface area is 110 Å². The molecular formula is C14H13N3S. The van der Waals surface area contributed by atoms with Crippen LogP contribution in [0, 0.1) is 0 Å². The van der Waals surface area contributed by atoms with E-state index >= 15 is 0 Å². The van der Waals surface area contributed by atoms with Crippen molar-refractivity contribution < 1.29 is 0 Å². The summed E-state index contributed by atoms with van der Waals surface area (Å²) in [4.78, 5) is 4.38. The molecule has 0 unspecified atom stereocenters. The Bertz CT molecular complexity index is 566. The van der Waals surface area contributed by atoms with E-state index in [9.17, 15) is 0 Å². The highest BCUT2D eigenvalue weighted by molar-refractivity contribution is 7.99. The van der Waals surface area contributed by atoms with Crippen LogP contribution in [0.2, 0.25) is 0 Å². The van der Waals surface area contributed by atoms with Gasteiger partial charge in [-0.15, -0.1) is 11.8 Å². The lowest BCUT2D eigenvalue weighted by atomic mass is 10.1. The maximum absolute atomic E-state index is 4.51. The van der Waals surface area contributed by atoms with Crippen molar-refractivity contribution in [1.82, 2.24) is 4.98 Å². The highest BCUT2D eigenvalue weighted by atomic mass is 32.2. The van der Waals surface area contributed by atoms with Crippen LogP contribution in [0.1, 0.15) is 12.0 Å². The number of pyridine rings is 1. The second kappa shape index (κ2) is 5.23. The molecule has 2 aromatic rings. The van der Waals surface area contributed by atoms with Gasteiger partial charge >= 0.3 is 0 Å². The lowest BCUT2D eigenvalue weighted by Gasteiger charge is -2.15. The number of rotatable bonds is 2. The Morgan fingerprint density at radius 2 is 2.00 bits per heavy atom. The molecule has 0 amide bonds. The molecule has 90 valence electrons. The molecule has 0 radical (unpaired) electrons. The monoisotopic (exact) mass is 255 g/mol. The van der Waals surface area contributed by atoms with Gasteiger partial charge in [-0.25, -0.2) is 4.98 Å². The normalized spacial score (nSPS) is 16.3. The lowest BCUT2D eigenvalue weighted by molar-refractivity contribution is 1.07. The Kier molecular flexibility index (Phi) is 3.28. The summed E-state index contributed by atoms with van der Waals surface area (Å²) in [5.74, 6) is 1.04. The van der Waals surface area contributed by atoms with Crippen LogP contribution in [0.3, 0.4) is 0 Å². The molecule has 1 N–H and O–H groups in total. The highest BCUT2D eigenvalue weighted by Gasteiger charge is 2.16. The van der Waals surface area contributed by atoms with E-state index in [0.717, 1.165) is 34.2 Å². The molecule has 3 rings (SSSR count). The second-order valence-corrected chi connectivity index (χ2v) is 5.07. The van der Waals surface area contributed by atoms with Gasteiger partial charge in [-0.05, 0) is 24.3 Å². The third-order valence-electron chi connectivity index (χ3n) is 2.75. The van der Waals surface area contributed by atoms with E-state index in [4.69, 9.17) is 0 Å². The molecule has 1 aliphatic rings. The van der Waals surface area contributed by atoms with Crippen molar-refractivity contribution in [3.8, 4) is 0 Å². The highest BCUT2D eigenvalue weighted by Crippen LogP contribution is 2.27. The molecule has 1 aromatic heterocycles. The molecule has 18 heavy (non-hydrogen) atoms. The summed E-state index contributed by atoms with van der Waals surface area (Å²) in [5, 5.41) is 5.59. The molecule has 0 aliphatic carbocycles. The minimum Gasteiger partial charge on any atom is -0.278 e. The van der Waals surface area contributed by atoms with E-state index in [1.54, 1.807) is 11.8 Å². The number of fused-ring (bicyclic) bond motifs is 1. The number of thioether (sulfide) groups is 1. The molecule has 0 fully saturated rings. The van der Waals surface area contributed by atoms with Crippen LogP contribution >= 0.6 is 11.8 Å². The first kappa shape index (κ1) is 11.3. The number of nitrogens with one attached hydrogen (secondary N) is 1. The summed E-state index contributed by atoms with van der Waals surface area (Å²) < 4.78 is 0. The van der Waals surface area contributed by atoms with Gasteiger partial charge in [-0.3, -0.25) is 5.43 Å². The van der Waals surface area contributed by atoms with Crippen molar-refractivity contribution in [3.63, 3.8) is 0 Å². The topological polar surface area (TPSA) is 37.3 Å². The second-order valence-electron chi connectivity index (χ2n) is 3.99. The molecule has 0 spiro atoms. The van der Waals surface area contributed by atoms with Gasteiger partial charge in [0.2, 0.25) is 0 Å². The number of para-hydroxylation sites is 1. The number of benzene rings is 1. The first-order valence-electron chi connectivity index (χ1n) is 5.89. The van der Waals surface area contributed by atoms with Crippen molar-refractivity contribution >= 4 is 23.2 Å². The van der Waals surface area contributed by atoms with Crippen LogP contribution in [-0.4, -0.2) is 16.4 Å². The third-order valence-corrected chi connectivity index (χ3v) is 3.76. The predicted molar refractivity (Wildman–Crippen MR) is 76.2 cm³/mol. The summed E-state index contributed by atoms with van der Waals surface area (Å²) in [6, 6.07) is 14.0. The molecule has 0 atom stereocenters. The van der Waals surface area contributed by atoms with E-state index in [1.165, 1.54) is 0 Å². The van der Waals surface area contributed by atoms with Crippen molar-refractivity contribution in [2.45, 2.75) is 11.4 Å². The van der Waals surface area contributed by atoms with Gasteiger partial charge in [0.15, 0.2) is 0 Å². The molecular weight excluding hydrogens is 242 g/mol. The van der Waals surface area contributed by atoms with Crippen molar-refractivity contribution in [3.05, 3.63) is 54.2 Å². The van der Waals surface area contributed by atoms with E-state index in [0.29, 0.717) is 0 Å². The summed E-state index contributed by atoms with van der Waals surface area (Å²) in [6.07, 6.45) is 2.81. The fraction of sp³-hybridized carbons (Fsp3) is 0.143. The van der Waals surface area contributed by atoms with E-state index in [1.807, 2.05) is 42.6 Å². The van der Waals surface area contributed by atoms with E-state index in [2.05, 4.69) is 21.6 Å². The van der Waals surface area contributed by atoms with Gasteiger partial charge in [0.05, 0.1) is 11.4 Å². The number of hydrazone groups is 1. The van der Waals surface area contributed by atoms with Crippen LogP contribution in [0.25, 0.3) is 0 Å². The maximum Gasteiger partial charge on any atom is 0.105 e. The van der Waals surface area contributed by atoms with Crippen molar-refractivity contribution in [2.75, 3.05) is 11.2 Å². The lowest BCUT2D eigenvalue weighted by Crippen LogP contribution is -2.12. The first-order valence-corrected chi connectivity index (χ1v) is 6.88. The van der Waals surface area contributed by atoms with Crippen molar-refractivity contribution in [1.29, 1.82) is 0 Å². The Hall–Kier alpha value is -1.81. The number of aromatic nitrogens is 1. The molecule has 0 bridgehead atoms. The molecule has 4 heteroatoms. The zero-order chi connectivity index (χ0) is 12.2. The number of nitrogens with zero attached hydrogens (tertiary/aromatic N) is 2. The molecule has 1 aliphatic heterocycles. The van der Waals surface area contributed by atoms with Gasteiger partial charge < -0.3 is 0 Å². The van der Waals surface area contributed by atoms with Gasteiger partial charge in [0, 0.05) is 23.9 Å². The maximum atomic E-state index is 4.51. The summed E-state index contributed by atoms with van der Waals surface area (Å²) >= 11 is 1.79. The largest absolute Gasteiger partial charge is 0.278 e. The molecule has 1 aromatic carbocycles. The van der Waals surface area contributed by atoms with E-state index < -0.39 is 0 Å². The minimum absolute atomic E-state index is 0.975. The smallest absolute Gasteiger partial charge is 0.105 e. The van der Waals surface area contributed by atoms with Gasteiger partial charge in [0.1, 0.15) is 5.03 Å².